The van der Waals surface area contributed by atoms with E-state index in [2.05, 4.69) is 24.5 Å². The molecule has 0 spiro atoms. The predicted molar refractivity (Wildman–Crippen MR) is 66.6 cm³/mol. The zero-order valence-electron chi connectivity index (χ0n) is 10.7. The highest BCUT2D eigenvalue weighted by molar-refractivity contribution is 4.92. The van der Waals surface area contributed by atoms with Crippen LogP contribution in [0.4, 0.5) is 0 Å². The molecule has 0 radical (unpaired) electrons. The van der Waals surface area contributed by atoms with Crippen LogP contribution in [-0.2, 0) is 4.74 Å². The van der Waals surface area contributed by atoms with E-state index in [0.717, 1.165) is 38.1 Å². The van der Waals surface area contributed by atoms with Crippen molar-refractivity contribution in [3.05, 3.63) is 0 Å². The van der Waals surface area contributed by atoms with E-state index in [0.29, 0.717) is 5.41 Å². The number of hydrogen-bond donors (Lipinski definition) is 2. The van der Waals surface area contributed by atoms with Crippen LogP contribution in [0.25, 0.3) is 0 Å². The second kappa shape index (κ2) is 5.48. The van der Waals surface area contributed by atoms with Crippen LogP contribution in [0.1, 0.15) is 26.7 Å². The normalized spacial score (nSPS) is 35.1. The van der Waals surface area contributed by atoms with Crippen molar-refractivity contribution in [2.24, 2.45) is 17.3 Å². The molecule has 94 valence electrons. The van der Waals surface area contributed by atoms with Crippen LogP contribution in [-0.4, -0.2) is 39.4 Å². The number of ether oxygens (including phenoxy) is 1. The summed E-state index contributed by atoms with van der Waals surface area (Å²) in [5.74, 6) is 1.51. The molecular weight excluding hydrogens is 200 g/mol. The van der Waals surface area contributed by atoms with Gasteiger partial charge in [0.25, 0.3) is 0 Å². The van der Waals surface area contributed by atoms with Crippen LogP contribution in [0.2, 0.25) is 0 Å². The predicted octanol–water partition coefficient (Wildman–Crippen LogP) is 1.25. The van der Waals surface area contributed by atoms with E-state index in [9.17, 15) is 0 Å². The van der Waals surface area contributed by atoms with Crippen molar-refractivity contribution in [3.8, 4) is 0 Å². The molecule has 0 saturated carbocycles. The van der Waals surface area contributed by atoms with E-state index in [1.807, 2.05) is 0 Å². The number of hydrogen-bond acceptors (Lipinski definition) is 3. The topological polar surface area (TPSA) is 33.3 Å². The van der Waals surface area contributed by atoms with Crippen molar-refractivity contribution < 1.29 is 4.74 Å². The molecule has 2 rings (SSSR count). The van der Waals surface area contributed by atoms with Gasteiger partial charge in [-0.25, -0.2) is 0 Å². The highest BCUT2D eigenvalue weighted by atomic mass is 16.5. The summed E-state index contributed by atoms with van der Waals surface area (Å²) in [6.07, 6.45) is 2.55. The molecule has 0 aromatic heterocycles. The molecule has 3 heteroatoms. The Bertz CT molecular complexity index is 206. The molecule has 0 aliphatic carbocycles. The van der Waals surface area contributed by atoms with E-state index < -0.39 is 0 Å². The third-order valence-corrected chi connectivity index (χ3v) is 4.44. The minimum Gasteiger partial charge on any atom is -0.381 e. The average molecular weight is 226 g/mol. The first kappa shape index (κ1) is 12.3. The molecule has 2 atom stereocenters. The summed E-state index contributed by atoms with van der Waals surface area (Å²) in [5, 5.41) is 7.18. The molecule has 0 bridgehead atoms. The van der Waals surface area contributed by atoms with E-state index in [-0.39, 0.29) is 0 Å². The molecule has 2 heterocycles. The Morgan fingerprint density at radius 2 is 2.38 bits per heavy atom. The molecule has 2 aliphatic heterocycles. The van der Waals surface area contributed by atoms with Gasteiger partial charge in [-0.15, -0.1) is 0 Å². The SMILES string of the molecule is CC(C)C1(CNCC2CCOC2)CCNC1. The molecule has 2 unspecified atom stereocenters. The van der Waals surface area contributed by atoms with E-state index in [4.69, 9.17) is 4.74 Å². The Balaban J connectivity index is 1.73. The Morgan fingerprint density at radius 3 is 2.94 bits per heavy atom. The van der Waals surface area contributed by atoms with E-state index in [1.165, 1.54) is 25.9 Å². The van der Waals surface area contributed by atoms with Gasteiger partial charge in [0.2, 0.25) is 0 Å². The molecule has 2 N–H and O–H groups in total. The Labute approximate surface area is 99.3 Å². The van der Waals surface area contributed by atoms with Gasteiger partial charge in [-0.3, -0.25) is 0 Å². The quantitative estimate of drug-likeness (QED) is 0.740. The molecule has 0 aromatic rings. The molecule has 2 saturated heterocycles. The van der Waals surface area contributed by atoms with Crippen LogP contribution in [0.15, 0.2) is 0 Å². The minimum absolute atomic E-state index is 0.486. The van der Waals surface area contributed by atoms with Crippen molar-refractivity contribution in [1.29, 1.82) is 0 Å². The third-order valence-electron chi connectivity index (χ3n) is 4.44. The summed E-state index contributed by atoms with van der Waals surface area (Å²) in [6, 6.07) is 0. The number of rotatable bonds is 5. The third kappa shape index (κ3) is 2.76. The molecular formula is C13H26N2O. The minimum atomic E-state index is 0.486. The fourth-order valence-corrected chi connectivity index (χ4v) is 2.88. The summed E-state index contributed by atoms with van der Waals surface area (Å²) < 4.78 is 5.40. The van der Waals surface area contributed by atoms with Crippen molar-refractivity contribution in [3.63, 3.8) is 0 Å². The zero-order valence-corrected chi connectivity index (χ0v) is 10.7. The summed E-state index contributed by atoms with van der Waals surface area (Å²) in [5.41, 5.74) is 0.486. The second-order valence-corrected chi connectivity index (χ2v) is 5.80. The van der Waals surface area contributed by atoms with Gasteiger partial charge >= 0.3 is 0 Å². The van der Waals surface area contributed by atoms with Gasteiger partial charge < -0.3 is 15.4 Å². The van der Waals surface area contributed by atoms with Crippen LogP contribution < -0.4 is 10.6 Å². The summed E-state index contributed by atoms with van der Waals surface area (Å²) in [4.78, 5) is 0. The maximum atomic E-state index is 5.40. The molecule has 0 amide bonds. The zero-order chi connectivity index (χ0) is 11.4. The monoisotopic (exact) mass is 226 g/mol. The van der Waals surface area contributed by atoms with Crippen molar-refractivity contribution in [1.82, 2.24) is 10.6 Å². The standard InChI is InChI=1S/C13H26N2O/c1-11(2)13(4-5-14-9-13)10-15-7-12-3-6-16-8-12/h11-12,14-15H,3-10H2,1-2H3. The lowest BCUT2D eigenvalue weighted by molar-refractivity contribution is 0.179. The van der Waals surface area contributed by atoms with Gasteiger partial charge in [0.1, 0.15) is 0 Å². The van der Waals surface area contributed by atoms with Crippen molar-refractivity contribution in [2.45, 2.75) is 26.7 Å². The lowest BCUT2D eigenvalue weighted by Gasteiger charge is -2.33. The molecule has 2 fully saturated rings. The van der Waals surface area contributed by atoms with Gasteiger partial charge in [0.15, 0.2) is 0 Å². The fourth-order valence-electron chi connectivity index (χ4n) is 2.88. The largest absolute Gasteiger partial charge is 0.381 e. The molecule has 16 heavy (non-hydrogen) atoms. The van der Waals surface area contributed by atoms with Crippen LogP contribution in [0, 0.1) is 17.3 Å². The van der Waals surface area contributed by atoms with Crippen LogP contribution in [0.5, 0.6) is 0 Å². The molecule has 0 aromatic carbocycles. The molecule has 2 aliphatic rings. The first-order valence-corrected chi connectivity index (χ1v) is 6.72. The highest BCUT2D eigenvalue weighted by Gasteiger charge is 2.36. The van der Waals surface area contributed by atoms with Gasteiger partial charge in [0.05, 0.1) is 6.61 Å². The Hall–Kier alpha value is -0.120. The first-order chi connectivity index (χ1) is 7.73. The average Bonchev–Trinajstić information content (AvgIpc) is 2.88. The van der Waals surface area contributed by atoms with Gasteiger partial charge in [-0.1, -0.05) is 13.8 Å². The van der Waals surface area contributed by atoms with Gasteiger partial charge in [-0.2, -0.15) is 0 Å². The van der Waals surface area contributed by atoms with Crippen molar-refractivity contribution in [2.75, 3.05) is 39.4 Å². The lowest BCUT2D eigenvalue weighted by atomic mass is 9.76. The lowest BCUT2D eigenvalue weighted by Crippen LogP contribution is -2.41. The molecule has 3 nitrogen and oxygen atoms in total. The van der Waals surface area contributed by atoms with Gasteiger partial charge in [0, 0.05) is 26.2 Å². The van der Waals surface area contributed by atoms with Crippen LogP contribution >= 0.6 is 0 Å². The maximum absolute atomic E-state index is 5.40. The fraction of sp³-hybridized carbons (Fsp3) is 1.00. The Kier molecular flexibility index (Phi) is 4.22. The highest BCUT2D eigenvalue weighted by Crippen LogP contribution is 2.33. The van der Waals surface area contributed by atoms with Gasteiger partial charge in [-0.05, 0) is 36.6 Å². The number of nitrogens with one attached hydrogen (secondary N) is 2. The first-order valence-electron chi connectivity index (χ1n) is 6.72. The maximum Gasteiger partial charge on any atom is 0.0507 e. The van der Waals surface area contributed by atoms with Crippen LogP contribution in [0.3, 0.4) is 0 Å². The van der Waals surface area contributed by atoms with E-state index >= 15 is 0 Å². The smallest absolute Gasteiger partial charge is 0.0507 e. The Morgan fingerprint density at radius 1 is 1.50 bits per heavy atom. The summed E-state index contributed by atoms with van der Waals surface area (Å²) in [6.45, 7) is 11.3. The second-order valence-electron chi connectivity index (χ2n) is 5.80. The summed E-state index contributed by atoms with van der Waals surface area (Å²) >= 11 is 0. The van der Waals surface area contributed by atoms with E-state index in [1.54, 1.807) is 0 Å². The summed E-state index contributed by atoms with van der Waals surface area (Å²) in [7, 11) is 0. The van der Waals surface area contributed by atoms with Crippen molar-refractivity contribution >= 4 is 0 Å².